The van der Waals surface area contributed by atoms with E-state index < -0.39 is 11.6 Å². The van der Waals surface area contributed by atoms with Crippen LogP contribution < -0.4 is 4.90 Å². The van der Waals surface area contributed by atoms with E-state index in [0.29, 0.717) is 53.8 Å². The van der Waals surface area contributed by atoms with Gasteiger partial charge in [-0.2, -0.15) is 5.10 Å². The predicted molar refractivity (Wildman–Crippen MR) is 118 cm³/mol. The zero-order valence-electron chi connectivity index (χ0n) is 17.4. The van der Waals surface area contributed by atoms with Gasteiger partial charge in [-0.3, -0.25) is 9.89 Å². The van der Waals surface area contributed by atoms with Gasteiger partial charge in [0.1, 0.15) is 23.5 Å². The first-order valence-electron chi connectivity index (χ1n) is 10.2. The topological polar surface area (TPSA) is 78.0 Å². The number of anilines is 1. The average molecular weight is 434 g/mol. The molecule has 162 valence electrons. The van der Waals surface area contributed by atoms with Gasteiger partial charge in [0.2, 0.25) is 5.91 Å². The van der Waals surface area contributed by atoms with E-state index in [0.717, 1.165) is 5.56 Å². The van der Waals surface area contributed by atoms with Gasteiger partial charge in [0.15, 0.2) is 5.82 Å². The fraction of sp³-hybridized carbons (Fsp3) is 0.217. The highest BCUT2D eigenvalue weighted by Crippen LogP contribution is 2.38. The normalized spacial score (nSPS) is 14.3. The summed E-state index contributed by atoms with van der Waals surface area (Å²) in [4.78, 5) is 23.9. The van der Waals surface area contributed by atoms with Gasteiger partial charge in [0, 0.05) is 42.5 Å². The van der Waals surface area contributed by atoms with E-state index in [1.807, 2.05) is 11.0 Å². The molecule has 0 spiro atoms. The van der Waals surface area contributed by atoms with E-state index in [1.54, 1.807) is 24.1 Å². The lowest BCUT2D eigenvalue weighted by atomic mass is 9.95. The summed E-state index contributed by atoms with van der Waals surface area (Å²) in [5, 5.41) is 7.79. The van der Waals surface area contributed by atoms with E-state index in [2.05, 4.69) is 26.7 Å². The summed E-state index contributed by atoms with van der Waals surface area (Å²) >= 11 is 0. The van der Waals surface area contributed by atoms with Crippen molar-refractivity contribution in [1.82, 2.24) is 25.1 Å². The third-order valence-corrected chi connectivity index (χ3v) is 5.95. The van der Waals surface area contributed by atoms with Crippen LogP contribution in [-0.2, 0) is 4.79 Å². The molecule has 1 aliphatic rings. The molecule has 9 heteroatoms. The van der Waals surface area contributed by atoms with Crippen LogP contribution in [0.25, 0.3) is 32.9 Å². The summed E-state index contributed by atoms with van der Waals surface area (Å²) in [5.74, 6) is -1.12. The number of carbonyl (C=O) groups is 1. The molecule has 3 heterocycles. The van der Waals surface area contributed by atoms with Crippen LogP contribution in [0.3, 0.4) is 0 Å². The summed E-state index contributed by atoms with van der Waals surface area (Å²) in [5.41, 5.74) is 1.79. The van der Waals surface area contributed by atoms with Gasteiger partial charge in [0.25, 0.3) is 0 Å². The number of carbonyl (C=O) groups excluding carboxylic acids is 1. The third-order valence-electron chi connectivity index (χ3n) is 5.95. The monoisotopic (exact) mass is 434 g/mol. The van der Waals surface area contributed by atoms with Crippen molar-refractivity contribution in [3.63, 3.8) is 0 Å². The van der Waals surface area contributed by atoms with Crippen LogP contribution in [0.4, 0.5) is 14.6 Å². The third kappa shape index (κ3) is 3.08. The number of hydrogen-bond donors (Lipinski definition) is 1. The lowest BCUT2D eigenvalue weighted by Crippen LogP contribution is -2.48. The summed E-state index contributed by atoms with van der Waals surface area (Å²) in [6.07, 6.45) is 4.13. The fourth-order valence-electron chi connectivity index (χ4n) is 4.32. The van der Waals surface area contributed by atoms with Crippen LogP contribution in [-0.4, -0.2) is 57.2 Å². The molecule has 0 radical (unpaired) electrons. The first kappa shape index (κ1) is 20.0. The Hall–Kier alpha value is -3.88. The summed E-state index contributed by atoms with van der Waals surface area (Å²) in [7, 11) is 0. The molecule has 7 nitrogen and oxygen atoms in total. The second-order valence-electron chi connectivity index (χ2n) is 7.75. The SMILES string of the molecule is C=CC(=O)N1CCN(c2ncnc3c(F)c(-c4c(C)ccc5[nH]ncc45)c(F)cc23)CC1. The number of H-pyrrole nitrogens is 1. The molecule has 4 aromatic rings. The van der Waals surface area contributed by atoms with Gasteiger partial charge < -0.3 is 9.80 Å². The number of nitrogens with one attached hydrogen (secondary N) is 1. The molecule has 0 unspecified atom stereocenters. The van der Waals surface area contributed by atoms with Gasteiger partial charge in [0.05, 0.1) is 17.3 Å². The zero-order chi connectivity index (χ0) is 22.4. The smallest absolute Gasteiger partial charge is 0.246 e. The maximum absolute atomic E-state index is 15.7. The van der Waals surface area contributed by atoms with Crippen LogP contribution in [0.15, 0.2) is 43.4 Å². The first-order chi connectivity index (χ1) is 15.5. The van der Waals surface area contributed by atoms with Crippen LogP contribution in [0.2, 0.25) is 0 Å². The molecule has 1 aliphatic heterocycles. The molecule has 1 N–H and O–H groups in total. The molecule has 2 aromatic heterocycles. The second-order valence-corrected chi connectivity index (χ2v) is 7.75. The van der Waals surface area contributed by atoms with Crippen molar-refractivity contribution in [2.75, 3.05) is 31.1 Å². The summed E-state index contributed by atoms with van der Waals surface area (Å²) < 4.78 is 31.2. The summed E-state index contributed by atoms with van der Waals surface area (Å²) in [6, 6.07) is 4.92. The predicted octanol–water partition coefficient (Wildman–Crippen LogP) is 3.59. The number of nitrogens with zero attached hydrogens (tertiary/aromatic N) is 5. The van der Waals surface area contributed by atoms with E-state index in [9.17, 15) is 4.79 Å². The number of amides is 1. The number of halogens is 2. The molecule has 1 amide bonds. The Morgan fingerprint density at radius 1 is 1.12 bits per heavy atom. The minimum absolute atomic E-state index is 0.0518. The van der Waals surface area contributed by atoms with Crippen LogP contribution in [0.1, 0.15) is 5.56 Å². The number of aromatic nitrogens is 4. The van der Waals surface area contributed by atoms with Crippen molar-refractivity contribution in [2.24, 2.45) is 0 Å². The molecule has 32 heavy (non-hydrogen) atoms. The lowest BCUT2D eigenvalue weighted by molar-refractivity contribution is -0.126. The number of fused-ring (bicyclic) bond motifs is 2. The van der Waals surface area contributed by atoms with E-state index in [4.69, 9.17) is 0 Å². The molecule has 2 aromatic carbocycles. The van der Waals surface area contributed by atoms with E-state index in [1.165, 1.54) is 18.5 Å². The first-order valence-corrected chi connectivity index (χ1v) is 10.2. The highest BCUT2D eigenvalue weighted by atomic mass is 19.1. The Bertz CT molecular complexity index is 1370. The second kappa shape index (κ2) is 7.67. The maximum Gasteiger partial charge on any atom is 0.246 e. The number of aryl methyl sites for hydroxylation is 1. The van der Waals surface area contributed by atoms with Crippen molar-refractivity contribution in [3.05, 3.63) is 60.6 Å². The Morgan fingerprint density at radius 3 is 2.66 bits per heavy atom. The molecule has 1 saturated heterocycles. The van der Waals surface area contributed by atoms with Gasteiger partial charge in [-0.25, -0.2) is 18.7 Å². The van der Waals surface area contributed by atoms with Gasteiger partial charge in [-0.05, 0) is 30.7 Å². The minimum Gasteiger partial charge on any atom is -0.352 e. The lowest BCUT2D eigenvalue weighted by Gasteiger charge is -2.35. The van der Waals surface area contributed by atoms with Crippen LogP contribution in [0.5, 0.6) is 0 Å². The van der Waals surface area contributed by atoms with Gasteiger partial charge >= 0.3 is 0 Å². The van der Waals surface area contributed by atoms with Crippen molar-refractivity contribution in [3.8, 4) is 11.1 Å². The molecule has 0 atom stereocenters. The van der Waals surface area contributed by atoms with Crippen molar-refractivity contribution < 1.29 is 13.6 Å². The van der Waals surface area contributed by atoms with Gasteiger partial charge in [-0.1, -0.05) is 12.6 Å². The molecule has 0 saturated carbocycles. The number of benzene rings is 2. The standard InChI is InChI=1S/C23H20F2N6O/c1-3-18(32)30-6-8-31(9-7-30)23-14-10-16(24)20(21(25)22(14)26-12-27-23)19-13(2)4-5-17-15(19)11-28-29-17/h3-5,10-12H,1,6-9H2,2H3,(H,28,29). The fourth-order valence-corrected chi connectivity index (χ4v) is 4.32. The number of aromatic amines is 1. The Kier molecular flexibility index (Phi) is 4.80. The summed E-state index contributed by atoms with van der Waals surface area (Å²) in [6.45, 7) is 7.25. The van der Waals surface area contributed by atoms with Crippen LogP contribution in [0, 0.1) is 18.6 Å². The van der Waals surface area contributed by atoms with Crippen molar-refractivity contribution in [2.45, 2.75) is 6.92 Å². The van der Waals surface area contributed by atoms with Crippen molar-refractivity contribution >= 4 is 33.5 Å². The maximum atomic E-state index is 15.7. The van der Waals surface area contributed by atoms with Crippen molar-refractivity contribution in [1.29, 1.82) is 0 Å². The highest BCUT2D eigenvalue weighted by molar-refractivity contribution is 6.00. The molecular weight excluding hydrogens is 414 g/mol. The minimum atomic E-state index is -0.735. The van der Waals surface area contributed by atoms with E-state index >= 15 is 8.78 Å². The van der Waals surface area contributed by atoms with Crippen LogP contribution >= 0.6 is 0 Å². The highest BCUT2D eigenvalue weighted by Gasteiger charge is 2.26. The van der Waals surface area contributed by atoms with E-state index in [-0.39, 0.29) is 17.0 Å². The average Bonchev–Trinajstić information content (AvgIpc) is 3.28. The number of hydrogen-bond acceptors (Lipinski definition) is 5. The molecular formula is C23H20F2N6O. The molecule has 0 bridgehead atoms. The molecule has 1 fully saturated rings. The molecule has 5 rings (SSSR count). The molecule has 0 aliphatic carbocycles. The number of piperazine rings is 1. The number of rotatable bonds is 3. The van der Waals surface area contributed by atoms with Gasteiger partial charge in [-0.15, -0.1) is 0 Å². The Labute approximate surface area is 182 Å². The quantitative estimate of drug-likeness (QED) is 0.499. The largest absolute Gasteiger partial charge is 0.352 e. The zero-order valence-corrected chi connectivity index (χ0v) is 17.4. The Balaban J connectivity index is 1.62. The Morgan fingerprint density at radius 2 is 1.91 bits per heavy atom.